The molecule has 2 aromatic rings. The van der Waals surface area contributed by atoms with Gasteiger partial charge in [0.15, 0.2) is 0 Å². The van der Waals surface area contributed by atoms with E-state index in [1.165, 1.54) is 22.2 Å². The average molecular weight is 270 g/mol. The van der Waals surface area contributed by atoms with Crippen LogP contribution in [0, 0.1) is 0 Å². The Hall–Kier alpha value is -1.81. The Bertz CT molecular complexity index is 715. The van der Waals surface area contributed by atoms with Crippen LogP contribution in [0.3, 0.4) is 0 Å². The fourth-order valence-electron chi connectivity index (χ4n) is 3.49. The van der Waals surface area contributed by atoms with Crippen molar-refractivity contribution in [2.45, 2.75) is 31.9 Å². The molecule has 0 amide bonds. The number of aliphatic hydroxyl groups is 1. The minimum Gasteiger partial charge on any atom is -0.497 e. The van der Waals surface area contributed by atoms with Crippen molar-refractivity contribution in [2.24, 2.45) is 4.99 Å². The van der Waals surface area contributed by atoms with E-state index in [1.807, 2.05) is 6.07 Å². The normalized spacial score (nSPS) is 21.3. The third-order valence-electron chi connectivity index (χ3n) is 4.38. The van der Waals surface area contributed by atoms with Gasteiger partial charge in [-0.3, -0.25) is 4.99 Å². The Morgan fingerprint density at radius 2 is 2.25 bits per heavy atom. The molecule has 1 aliphatic carbocycles. The molecule has 1 unspecified atom stereocenters. The molecule has 2 aliphatic rings. The number of benzene rings is 1. The molecule has 4 nitrogen and oxygen atoms in total. The molecule has 0 spiro atoms. The van der Waals surface area contributed by atoms with Gasteiger partial charge in [-0.25, -0.2) is 0 Å². The van der Waals surface area contributed by atoms with E-state index in [9.17, 15) is 5.11 Å². The second-order valence-electron chi connectivity index (χ2n) is 5.62. The van der Waals surface area contributed by atoms with E-state index < -0.39 is 6.10 Å². The lowest BCUT2D eigenvalue weighted by Gasteiger charge is -2.16. The zero-order valence-electron chi connectivity index (χ0n) is 11.6. The largest absolute Gasteiger partial charge is 0.497 e. The van der Waals surface area contributed by atoms with Crippen molar-refractivity contribution in [3.05, 3.63) is 29.5 Å². The van der Waals surface area contributed by atoms with Crippen molar-refractivity contribution in [3.63, 3.8) is 0 Å². The van der Waals surface area contributed by atoms with Crippen molar-refractivity contribution in [1.82, 2.24) is 4.57 Å². The number of nitrogens with zero attached hydrogens (tertiary/aromatic N) is 2. The summed E-state index contributed by atoms with van der Waals surface area (Å²) in [5.41, 5.74) is 4.97. The second kappa shape index (κ2) is 4.35. The maximum Gasteiger partial charge on any atom is 0.119 e. The molecule has 1 aromatic carbocycles. The van der Waals surface area contributed by atoms with E-state index in [-0.39, 0.29) is 0 Å². The minimum absolute atomic E-state index is 0.394. The number of fused-ring (bicyclic) bond motifs is 3. The number of aryl methyl sites for hydroxylation is 1. The van der Waals surface area contributed by atoms with E-state index in [4.69, 9.17) is 4.74 Å². The molecule has 4 rings (SSSR count). The van der Waals surface area contributed by atoms with Gasteiger partial charge in [-0.1, -0.05) is 0 Å². The van der Waals surface area contributed by atoms with Gasteiger partial charge in [-0.05, 0) is 43.0 Å². The van der Waals surface area contributed by atoms with Gasteiger partial charge < -0.3 is 14.4 Å². The van der Waals surface area contributed by atoms with E-state index >= 15 is 0 Å². The van der Waals surface area contributed by atoms with Gasteiger partial charge in [0.1, 0.15) is 5.75 Å². The van der Waals surface area contributed by atoms with Crippen LogP contribution < -0.4 is 4.74 Å². The van der Waals surface area contributed by atoms with Crippen LogP contribution in [0.25, 0.3) is 10.9 Å². The number of aromatic nitrogens is 1. The predicted octanol–water partition coefficient (Wildman–Crippen LogP) is 2.15. The van der Waals surface area contributed by atoms with E-state index in [0.717, 1.165) is 30.7 Å². The van der Waals surface area contributed by atoms with Gasteiger partial charge >= 0.3 is 0 Å². The van der Waals surface area contributed by atoms with Crippen LogP contribution in [-0.4, -0.2) is 35.1 Å². The highest BCUT2D eigenvalue weighted by atomic mass is 16.5. The summed E-state index contributed by atoms with van der Waals surface area (Å²) >= 11 is 0. The van der Waals surface area contributed by atoms with Gasteiger partial charge in [0, 0.05) is 10.9 Å². The molecule has 1 aliphatic heterocycles. The maximum atomic E-state index is 10.1. The molecule has 0 saturated carbocycles. The zero-order chi connectivity index (χ0) is 13.7. The zero-order valence-corrected chi connectivity index (χ0v) is 11.6. The summed E-state index contributed by atoms with van der Waals surface area (Å²) in [5, 5.41) is 11.3. The molecule has 0 radical (unpaired) electrons. The summed E-state index contributed by atoms with van der Waals surface area (Å²) in [6.07, 6.45) is 2.85. The van der Waals surface area contributed by atoms with Crippen LogP contribution in [0.5, 0.6) is 5.75 Å². The topological polar surface area (TPSA) is 46.8 Å². The molecule has 0 saturated heterocycles. The van der Waals surface area contributed by atoms with Crippen molar-refractivity contribution in [2.75, 3.05) is 13.7 Å². The number of rotatable bonds is 1. The van der Waals surface area contributed by atoms with Crippen LogP contribution in [0.2, 0.25) is 0 Å². The number of hydrogen-bond donors (Lipinski definition) is 1. The Morgan fingerprint density at radius 1 is 1.35 bits per heavy atom. The monoisotopic (exact) mass is 270 g/mol. The number of aliphatic hydroxyl groups excluding tert-OH is 1. The quantitative estimate of drug-likeness (QED) is 0.863. The summed E-state index contributed by atoms with van der Waals surface area (Å²) in [4.78, 5) is 4.63. The highest BCUT2D eigenvalue weighted by molar-refractivity contribution is 6.07. The molecule has 2 heterocycles. The Morgan fingerprint density at radius 3 is 3.10 bits per heavy atom. The fourth-order valence-corrected chi connectivity index (χ4v) is 3.49. The van der Waals surface area contributed by atoms with Gasteiger partial charge in [0.25, 0.3) is 0 Å². The number of methoxy groups -OCH3 is 1. The molecule has 1 aromatic heterocycles. The molecule has 20 heavy (non-hydrogen) atoms. The molecule has 0 fully saturated rings. The summed E-state index contributed by atoms with van der Waals surface area (Å²) < 4.78 is 7.61. The first kappa shape index (κ1) is 12.0. The summed E-state index contributed by atoms with van der Waals surface area (Å²) in [6.45, 7) is 1.15. The van der Waals surface area contributed by atoms with Crippen molar-refractivity contribution in [1.29, 1.82) is 0 Å². The lowest BCUT2D eigenvalue weighted by molar-refractivity contribution is 0.166. The lowest BCUT2D eigenvalue weighted by atomic mass is 9.94. The third kappa shape index (κ3) is 1.61. The highest BCUT2D eigenvalue weighted by Gasteiger charge is 2.27. The Kier molecular flexibility index (Phi) is 2.60. The molecule has 4 heteroatoms. The van der Waals surface area contributed by atoms with Crippen LogP contribution in [0.4, 0.5) is 0 Å². The van der Waals surface area contributed by atoms with Gasteiger partial charge in [0.05, 0.1) is 37.7 Å². The van der Waals surface area contributed by atoms with Crippen molar-refractivity contribution >= 4 is 16.6 Å². The number of ether oxygens (including phenoxy) is 1. The summed E-state index contributed by atoms with van der Waals surface area (Å²) in [5.74, 6) is 0.888. The molecule has 1 N–H and O–H groups in total. The molecule has 104 valence electrons. The van der Waals surface area contributed by atoms with Crippen LogP contribution in [-0.2, 0) is 13.0 Å². The molecular formula is C16H18N2O2. The first-order chi connectivity index (χ1) is 9.78. The van der Waals surface area contributed by atoms with E-state index in [2.05, 4.69) is 21.7 Å². The fraction of sp³-hybridized carbons (Fsp3) is 0.438. The van der Waals surface area contributed by atoms with Crippen LogP contribution >= 0.6 is 0 Å². The number of aliphatic imine (C=N–C) groups is 1. The first-order valence-electron chi connectivity index (χ1n) is 7.19. The minimum atomic E-state index is -0.394. The van der Waals surface area contributed by atoms with Crippen molar-refractivity contribution in [3.8, 4) is 5.75 Å². The van der Waals surface area contributed by atoms with Crippen LogP contribution in [0.1, 0.15) is 24.1 Å². The molecule has 0 bridgehead atoms. The predicted molar refractivity (Wildman–Crippen MR) is 78.8 cm³/mol. The van der Waals surface area contributed by atoms with Gasteiger partial charge in [0.2, 0.25) is 0 Å². The molecule has 1 atom stereocenters. The standard InChI is InChI=1S/C16H18N2O2/c1-20-11-5-6-15-13(7-11)12-3-2-4-14-16(12)18(15)9-10(19)8-17-14/h5-7,10,19H,2-4,8-9H2,1H3. The van der Waals surface area contributed by atoms with E-state index in [0.29, 0.717) is 13.1 Å². The lowest BCUT2D eigenvalue weighted by Crippen LogP contribution is -2.18. The number of hydrogen-bond acceptors (Lipinski definition) is 3. The first-order valence-corrected chi connectivity index (χ1v) is 7.19. The smallest absolute Gasteiger partial charge is 0.119 e. The molecular weight excluding hydrogens is 252 g/mol. The maximum absolute atomic E-state index is 10.1. The third-order valence-corrected chi connectivity index (χ3v) is 4.38. The van der Waals surface area contributed by atoms with Gasteiger partial charge in [-0.15, -0.1) is 0 Å². The Labute approximate surface area is 117 Å². The van der Waals surface area contributed by atoms with Gasteiger partial charge in [-0.2, -0.15) is 0 Å². The second-order valence-corrected chi connectivity index (χ2v) is 5.62. The summed E-state index contributed by atoms with van der Waals surface area (Å²) in [7, 11) is 1.70. The van der Waals surface area contributed by atoms with Crippen molar-refractivity contribution < 1.29 is 9.84 Å². The van der Waals surface area contributed by atoms with E-state index in [1.54, 1.807) is 7.11 Å². The van der Waals surface area contributed by atoms with Crippen LogP contribution in [0.15, 0.2) is 23.2 Å². The average Bonchev–Trinajstić information content (AvgIpc) is 2.67. The SMILES string of the molecule is COc1ccc2c(c1)c1c3n2CC(O)CN=C3CCC1. The highest BCUT2D eigenvalue weighted by Crippen LogP contribution is 2.35. The summed E-state index contributed by atoms with van der Waals surface area (Å²) in [6, 6.07) is 6.20. The Balaban J connectivity index is 2.06.